The van der Waals surface area contributed by atoms with Crippen LogP contribution in [0.15, 0.2) is 0 Å². The van der Waals surface area contributed by atoms with Gasteiger partial charge in [0.25, 0.3) is 0 Å². The van der Waals surface area contributed by atoms with Crippen LogP contribution in [0, 0.1) is 5.92 Å². The molecule has 0 aliphatic heterocycles. The van der Waals surface area contributed by atoms with Gasteiger partial charge in [-0.1, -0.05) is 45.2 Å². The fourth-order valence-corrected chi connectivity index (χ4v) is 3.03. The maximum Gasteiger partial charge on any atom is 0.393 e. The largest absolute Gasteiger partial charge is 0.393 e. The summed E-state index contributed by atoms with van der Waals surface area (Å²) in [6, 6.07) is 0. The first-order chi connectivity index (χ1) is 4.02. The minimum absolute atomic E-state index is 0.157. The van der Waals surface area contributed by atoms with Crippen LogP contribution in [0.2, 0.25) is 0 Å². The highest BCUT2D eigenvalue weighted by atomic mass is 127. The summed E-state index contributed by atoms with van der Waals surface area (Å²) in [5.74, 6) is -1.13. The van der Waals surface area contributed by atoms with Gasteiger partial charge in [-0.15, -0.1) is 0 Å². The van der Waals surface area contributed by atoms with Gasteiger partial charge >= 0.3 is 6.18 Å². The van der Waals surface area contributed by atoms with Crippen LogP contribution in [0.1, 0.15) is 0 Å². The van der Waals surface area contributed by atoms with Crippen molar-refractivity contribution >= 4 is 45.2 Å². The smallest absolute Gasteiger partial charge is 0.171 e. The zero-order valence-electron chi connectivity index (χ0n) is 4.38. The van der Waals surface area contributed by atoms with Crippen LogP contribution in [0.4, 0.5) is 13.2 Å². The Labute approximate surface area is 78.9 Å². The van der Waals surface area contributed by atoms with E-state index in [2.05, 4.69) is 0 Å². The molecule has 0 nitrogen and oxygen atoms in total. The highest BCUT2D eigenvalue weighted by Crippen LogP contribution is 2.28. The van der Waals surface area contributed by atoms with Crippen molar-refractivity contribution in [2.75, 3.05) is 8.86 Å². The molecular formula is C4H5F3I2. The van der Waals surface area contributed by atoms with E-state index in [1.807, 2.05) is 0 Å². The molecule has 0 amide bonds. The number of rotatable bonds is 2. The minimum Gasteiger partial charge on any atom is -0.171 e. The van der Waals surface area contributed by atoms with E-state index in [9.17, 15) is 13.2 Å². The van der Waals surface area contributed by atoms with Crippen molar-refractivity contribution in [2.24, 2.45) is 5.92 Å². The molecule has 0 unspecified atom stereocenters. The lowest BCUT2D eigenvalue weighted by Crippen LogP contribution is -2.25. The third-order valence-corrected chi connectivity index (χ3v) is 2.96. The zero-order chi connectivity index (χ0) is 7.49. The van der Waals surface area contributed by atoms with Crippen LogP contribution in [-0.2, 0) is 0 Å². The SMILES string of the molecule is FC(F)(F)C(CI)CI. The Morgan fingerprint density at radius 3 is 1.44 bits per heavy atom. The van der Waals surface area contributed by atoms with E-state index in [1.165, 1.54) is 0 Å². The monoisotopic (exact) mass is 364 g/mol. The van der Waals surface area contributed by atoms with E-state index >= 15 is 0 Å². The second-order valence-corrected chi connectivity index (χ2v) is 3.31. The van der Waals surface area contributed by atoms with Gasteiger partial charge in [0.05, 0.1) is 5.92 Å². The van der Waals surface area contributed by atoms with Gasteiger partial charge in [0.15, 0.2) is 0 Å². The van der Waals surface area contributed by atoms with Crippen molar-refractivity contribution in [3.05, 3.63) is 0 Å². The molecule has 0 aromatic rings. The first kappa shape index (κ1) is 10.2. The van der Waals surface area contributed by atoms with Crippen molar-refractivity contribution < 1.29 is 13.2 Å². The lowest BCUT2D eigenvalue weighted by atomic mass is 10.2. The highest BCUT2D eigenvalue weighted by molar-refractivity contribution is 14.1. The third-order valence-electron chi connectivity index (χ3n) is 0.835. The fourth-order valence-electron chi connectivity index (χ4n) is 0.216. The predicted molar refractivity (Wildman–Crippen MR) is 47.3 cm³/mol. The maximum absolute atomic E-state index is 11.7. The molecule has 0 saturated heterocycles. The number of alkyl halides is 5. The predicted octanol–water partition coefficient (Wildman–Crippen LogP) is 3.03. The van der Waals surface area contributed by atoms with Crippen LogP contribution < -0.4 is 0 Å². The standard InChI is InChI=1S/C4H5F3I2/c5-4(6,7)3(1-8)2-9/h3H,1-2H2. The van der Waals surface area contributed by atoms with Gasteiger partial charge < -0.3 is 0 Å². The lowest BCUT2D eigenvalue weighted by Gasteiger charge is -2.13. The second kappa shape index (κ2) is 4.20. The summed E-state index contributed by atoms with van der Waals surface area (Å²) in [6.45, 7) is 0. The van der Waals surface area contributed by atoms with E-state index in [4.69, 9.17) is 0 Å². The first-order valence-electron chi connectivity index (χ1n) is 2.21. The molecule has 0 N–H and O–H groups in total. The summed E-state index contributed by atoms with van der Waals surface area (Å²) in [7, 11) is 0. The minimum atomic E-state index is -4.00. The number of halogens is 5. The summed E-state index contributed by atoms with van der Waals surface area (Å²) in [6.07, 6.45) is -4.00. The summed E-state index contributed by atoms with van der Waals surface area (Å²) < 4.78 is 35.4. The normalized spacial score (nSPS) is 12.7. The van der Waals surface area contributed by atoms with Crippen LogP contribution in [0.25, 0.3) is 0 Å². The van der Waals surface area contributed by atoms with E-state index in [-0.39, 0.29) is 8.86 Å². The molecule has 0 bridgehead atoms. The number of hydrogen-bond donors (Lipinski definition) is 0. The van der Waals surface area contributed by atoms with Gasteiger partial charge in [0.2, 0.25) is 0 Å². The topological polar surface area (TPSA) is 0 Å². The quantitative estimate of drug-likeness (QED) is 0.522. The molecule has 0 fully saturated rings. The molecule has 9 heavy (non-hydrogen) atoms. The molecule has 5 heteroatoms. The van der Waals surface area contributed by atoms with Crippen LogP contribution in [0.3, 0.4) is 0 Å². The summed E-state index contributed by atoms with van der Waals surface area (Å²) in [5, 5.41) is 0. The summed E-state index contributed by atoms with van der Waals surface area (Å²) in [5.41, 5.74) is 0. The average Bonchev–Trinajstić information content (AvgIpc) is 1.65. The molecule has 0 rings (SSSR count). The Morgan fingerprint density at radius 2 is 1.44 bits per heavy atom. The Morgan fingerprint density at radius 1 is 1.11 bits per heavy atom. The molecule has 0 radical (unpaired) electrons. The van der Waals surface area contributed by atoms with Gasteiger partial charge in [-0.3, -0.25) is 0 Å². The lowest BCUT2D eigenvalue weighted by molar-refractivity contribution is -0.160. The molecule has 0 aromatic heterocycles. The molecule has 0 aliphatic rings. The molecule has 0 heterocycles. The summed E-state index contributed by atoms with van der Waals surface area (Å²) >= 11 is 3.50. The van der Waals surface area contributed by atoms with Gasteiger partial charge in [-0.2, -0.15) is 13.2 Å². The first-order valence-corrected chi connectivity index (χ1v) is 5.26. The van der Waals surface area contributed by atoms with Gasteiger partial charge in [0.1, 0.15) is 0 Å². The van der Waals surface area contributed by atoms with Crippen LogP contribution >= 0.6 is 45.2 Å². The van der Waals surface area contributed by atoms with Crippen molar-refractivity contribution in [1.29, 1.82) is 0 Å². The molecule has 0 saturated carbocycles. The van der Waals surface area contributed by atoms with E-state index < -0.39 is 12.1 Å². The fraction of sp³-hybridized carbons (Fsp3) is 1.00. The number of hydrogen-bond acceptors (Lipinski definition) is 0. The Hall–Kier alpha value is 1.25. The van der Waals surface area contributed by atoms with E-state index in [0.717, 1.165) is 0 Å². The molecule has 0 aromatic carbocycles. The Bertz CT molecular complexity index is 76.4. The van der Waals surface area contributed by atoms with Gasteiger partial charge in [-0.25, -0.2) is 0 Å². The van der Waals surface area contributed by atoms with Crippen molar-refractivity contribution in [3.63, 3.8) is 0 Å². The molecular weight excluding hydrogens is 359 g/mol. The maximum atomic E-state index is 11.7. The Balaban J connectivity index is 3.79. The zero-order valence-corrected chi connectivity index (χ0v) is 8.70. The molecule has 56 valence electrons. The Kier molecular flexibility index (Phi) is 4.78. The van der Waals surface area contributed by atoms with Crippen molar-refractivity contribution in [2.45, 2.75) is 6.18 Å². The van der Waals surface area contributed by atoms with E-state index in [0.29, 0.717) is 0 Å². The highest BCUT2D eigenvalue weighted by Gasteiger charge is 2.37. The molecule has 0 spiro atoms. The third kappa shape index (κ3) is 3.84. The van der Waals surface area contributed by atoms with Gasteiger partial charge in [0, 0.05) is 8.86 Å². The van der Waals surface area contributed by atoms with Crippen LogP contribution in [0.5, 0.6) is 0 Å². The molecule has 0 aliphatic carbocycles. The van der Waals surface area contributed by atoms with Crippen LogP contribution in [-0.4, -0.2) is 15.0 Å². The van der Waals surface area contributed by atoms with Gasteiger partial charge in [-0.05, 0) is 0 Å². The van der Waals surface area contributed by atoms with Crippen molar-refractivity contribution in [3.8, 4) is 0 Å². The van der Waals surface area contributed by atoms with Crippen molar-refractivity contribution in [1.82, 2.24) is 0 Å². The average molecular weight is 364 g/mol. The second-order valence-electron chi connectivity index (χ2n) is 1.55. The summed E-state index contributed by atoms with van der Waals surface area (Å²) in [4.78, 5) is 0. The van der Waals surface area contributed by atoms with E-state index in [1.54, 1.807) is 45.2 Å². The molecule has 0 atom stereocenters.